The predicted octanol–water partition coefficient (Wildman–Crippen LogP) is 3.59. The molecule has 4 N–H and O–H groups in total. The van der Waals surface area contributed by atoms with Crippen LogP contribution < -0.4 is 29.6 Å². The maximum Gasteiger partial charge on any atom is 0.224 e. The van der Waals surface area contributed by atoms with Crippen LogP contribution in [0.5, 0.6) is 34.5 Å². The summed E-state index contributed by atoms with van der Waals surface area (Å²) in [5.74, 6) is -3.38. The molecule has 4 aromatic carbocycles. The average molecular weight is 785 g/mol. The highest BCUT2D eigenvalue weighted by Crippen LogP contribution is 2.40. The Morgan fingerprint density at radius 2 is 0.815 bits per heavy atom. The molecular formula is C38H44N2O12S2. The van der Waals surface area contributed by atoms with Crippen molar-refractivity contribution in [2.75, 3.05) is 41.0 Å². The van der Waals surface area contributed by atoms with Crippen LogP contribution in [-0.2, 0) is 55.2 Å². The molecule has 54 heavy (non-hydrogen) atoms. The highest BCUT2D eigenvalue weighted by Gasteiger charge is 2.35. The third-order valence-corrected chi connectivity index (χ3v) is 11.0. The van der Waals surface area contributed by atoms with E-state index in [1.54, 1.807) is 24.3 Å². The first kappa shape index (κ1) is 41.3. The Labute approximate surface area is 314 Å². The molecule has 4 aromatic rings. The largest absolute Gasteiger partial charge is 0.502 e. The highest BCUT2D eigenvalue weighted by atomic mass is 32.2. The summed E-state index contributed by atoms with van der Waals surface area (Å²) >= 11 is 0. The van der Waals surface area contributed by atoms with Gasteiger partial charge in [0.05, 0.1) is 50.1 Å². The Hall–Kier alpha value is -5.48. The van der Waals surface area contributed by atoms with Gasteiger partial charge < -0.3 is 39.8 Å². The summed E-state index contributed by atoms with van der Waals surface area (Å²) in [5, 5.41) is 26.9. The number of ether oxygens (including phenoxy) is 4. The molecule has 2 atom stereocenters. The molecule has 0 saturated heterocycles. The van der Waals surface area contributed by atoms with Crippen LogP contribution in [0.1, 0.15) is 22.3 Å². The molecule has 0 heterocycles. The van der Waals surface area contributed by atoms with E-state index in [4.69, 9.17) is 18.9 Å². The molecule has 14 nitrogen and oxygen atoms in total. The Morgan fingerprint density at radius 1 is 0.537 bits per heavy atom. The van der Waals surface area contributed by atoms with Crippen LogP contribution in [0, 0.1) is 11.8 Å². The number of nitrogens with one attached hydrogen (secondary N) is 2. The van der Waals surface area contributed by atoms with Crippen molar-refractivity contribution >= 4 is 31.5 Å². The number of benzene rings is 4. The number of hydrogen-bond acceptors (Lipinski definition) is 12. The fraction of sp³-hybridized carbons (Fsp3) is 0.316. The summed E-state index contributed by atoms with van der Waals surface area (Å²) in [6, 6.07) is 18.2. The third kappa shape index (κ3) is 10.3. The molecule has 0 aliphatic rings. The zero-order valence-corrected chi connectivity index (χ0v) is 32.3. The van der Waals surface area contributed by atoms with Gasteiger partial charge in [-0.2, -0.15) is 0 Å². The standard InChI is InChI=1S/C38H44N2O12S2/c1-49-31-17-25(18-32(50-2)35(31)41)15-29(37(43)39-21-23-7-11-27(12-8-23)53(5,45)46)30(16-26-19-33(51-3)36(42)34(20-26)52-4)38(44)40-22-24-9-13-28(14-10-24)54(6,47)48/h7-14,17-20,29-30,41-42H,15-16,21-22H2,1-6H3,(H,39,43)(H,40,44)/t29-,30+. The second-order valence-electron chi connectivity index (χ2n) is 12.6. The van der Waals surface area contributed by atoms with Crippen LogP contribution in [0.2, 0.25) is 0 Å². The summed E-state index contributed by atoms with van der Waals surface area (Å²) in [5.41, 5.74) is 2.20. The van der Waals surface area contributed by atoms with Crippen LogP contribution in [0.3, 0.4) is 0 Å². The summed E-state index contributed by atoms with van der Waals surface area (Å²) in [6.45, 7) is 0.00689. The number of carbonyl (C=O) groups is 2. The van der Waals surface area contributed by atoms with Gasteiger partial charge in [-0.25, -0.2) is 16.8 Å². The molecule has 0 saturated carbocycles. The highest BCUT2D eigenvalue weighted by molar-refractivity contribution is 7.91. The lowest BCUT2D eigenvalue weighted by Gasteiger charge is -2.27. The third-order valence-electron chi connectivity index (χ3n) is 8.79. The number of methoxy groups -OCH3 is 4. The van der Waals surface area contributed by atoms with Crippen LogP contribution in [0.25, 0.3) is 0 Å². The molecule has 0 fully saturated rings. The lowest BCUT2D eigenvalue weighted by Crippen LogP contribution is -2.44. The molecule has 0 aliphatic carbocycles. The fourth-order valence-corrected chi connectivity index (χ4v) is 7.08. The van der Waals surface area contributed by atoms with E-state index in [0.717, 1.165) is 12.5 Å². The van der Waals surface area contributed by atoms with Gasteiger partial charge in [-0.15, -0.1) is 0 Å². The minimum atomic E-state index is -3.44. The number of carbonyl (C=O) groups excluding carboxylic acids is 2. The zero-order chi connectivity index (χ0) is 39.8. The minimum absolute atomic E-state index is 0.00345. The number of rotatable bonds is 17. The number of amides is 2. The van der Waals surface area contributed by atoms with Crippen molar-refractivity contribution in [2.45, 2.75) is 35.7 Å². The Kier molecular flexibility index (Phi) is 13.4. The summed E-state index contributed by atoms with van der Waals surface area (Å²) in [6.07, 6.45) is 2.10. The lowest BCUT2D eigenvalue weighted by atomic mass is 9.81. The zero-order valence-electron chi connectivity index (χ0n) is 30.7. The summed E-state index contributed by atoms with van der Waals surface area (Å²) in [7, 11) is -1.43. The van der Waals surface area contributed by atoms with Crippen molar-refractivity contribution < 1.29 is 55.6 Å². The van der Waals surface area contributed by atoms with Gasteiger partial charge in [0.1, 0.15) is 0 Å². The summed E-state index contributed by atoms with van der Waals surface area (Å²) in [4.78, 5) is 28.9. The Morgan fingerprint density at radius 3 is 1.06 bits per heavy atom. The van der Waals surface area contributed by atoms with Gasteiger partial charge in [-0.1, -0.05) is 24.3 Å². The van der Waals surface area contributed by atoms with Gasteiger partial charge in [0.25, 0.3) is 0 Å². The SMILES string of the molecule is COc1cc(C[C@H](C(=O)NCc2ccc(S(C)(=O)=O)cc2)[C@@H](Cc2cc(OC)c(O)c(OC)c2)C(=O)NCc2ccc(S(C)(=O)=O)cc2)cc(OC)c1O. The predicted molar refractivity (Wildman–Crippen MR) is 200 cm³/mol. The van der Waals surface area contributed by atoms with Gasteiger partial charge in [0, 0.05) is 25.6 Å². The van der Waals surface area contributed by atoms with Gasteiger partial charge >= 0.3 is 0 Å². The molecule has 0 unspecified atom stereocenters. The van der Waals surface area contributed by atoms with Gasteiger partial charge in [-0.05, 0) is 83.6 Å². The minimum Gasteiger partial charge on any atom is -0.502 e. The molecule has 2 amide bonds. The molecule has 4 rings (SSSR count). The van der Waals surface area contributed by atoms with Crippen molar-refractivity contribution in [3.63, 3.8) is 0 Å². The number of hydrogen-bond donors (Lipinski definition) is 4. The second-order valence-corrected chi connectivity index (χ2v) is 16.6. The monoisotopic (exact) mass is 784 g/mol. The average Bonchev–Trinajstić information content (AvgIpc) is 3.14. The van der Waals surface area contributed by atoms with E-state index in [-0.39, 0.29) is 70.2 Å². The van der Waals surface area contributed by atoms with Gasteiger partial charge in [0.2, 0.25) is 23.3 Å². The van der Waals surface area contributed by atoms with Crippen molar-refractivity contribution in [1.82, 2.24) is 10.6 Å². The van der Waals surface area contributed by atoms with Gasteiger partial charge in [-0.3, -0.25) is 9.59 Å². The molecule has 16 heteroatoms. The van der Waals surface area contributed by atoms with E-state index in [2.05, 4.69) is 10.6 Å². The fourth-order valence-electron chi connectivity index (χ4n) is 5.82. The smallest absolute Gasteiger partial charge is 0.224 e. The first-order chi connectivity index (χ1) is 25.5. The van der Waals surface area contributed by atoms with Crippen molar-refractivity contribution in [1.29, 1.82) is 0 Å². The quantitative estimate of drug-likeness (QED) is 0.121. The molecule has 0 spiro atoms. The molecule has 0 bridgehead atoms. The van der Waals surface area contributed by atoms with Crippen LogP contribution in [0.4, 0.5) is 0 Å². The van der Waals surface area contributed by atoms with E-state index < -0.39 is 43.3 Å². The van der Waals surface area contributed by atoms with E-state index in [1.165, 1.54) is 77.0 Å². The van der Waals surface area contributed by atoms with E-state index in [0.29, 0.717) is 22.3 Å². The van der Waals surface area contributed by atoms with E-state index >= 15 is 0 Å². The van der Waals surface area contributed by atoms with Crippen molar-refractivity contribution in [3.05, 3.63) is 95.1 Å². The number of phenolic OH excluding ortho intramolecular Hbond substituents is 2. The first-order valence-corrected chi connectivity index (χ1v) is 20.3. The molecule has 0 aliphatic heterocycles. The number of aromatic hydroxyl groups is 2. The maximum absolute atomic E-state index is 14.3. The number of phenols is 2. The maximum atomic E-state index is 14.3. The van der Waals surface area contributed by atoms with E-state index in [1.807, 2.05) is 0 Å². The Balaban J connectivity index is 1.77. The van der Waals surface area contributed by atoms with Crippen molar-refractivity contribution in [2.24, 2.45) is 11.8 Å². The van der Waals surface area contributed by atoms with Crippen molar-refractivity contribution in [3.8, 4) is 34.5 Å². The first-order valence-electron chi connectivity index (χ1n) is 16.5. The Bertz CT molecular complexity index is 1980. The second kappa shape index (κ2) is 17.6. The number of sulfone groups is 2. The van der Waals surface area contributed by atoms with Gasteiger partial charge in [0.15, 0.2) is 42.7 Å². The van der Waals surface area contributed by atoms with Crippen LogP contribution >= 0.6 is 0 Å². The summed E-state index contributed by atoms with van der Waals surface area (Å²) < 4.78 is 69.3. The molecular weight excluding hydrogens is 741 g/mol. The molecule has 290 valence electrons. The van der Waals surface area contributed by atoms with E-state index in [9.17, 15) is 36.6 Å². The molecule has 0 aromatic heterocycles. The normalized spacial score (nSPS) is 12.6. The van der Waals surface area contributed by atoms with Crippen LogP contribution in [0.15, 0.2) is 82.6 Å². The molecule has 0 radical (unpaired) electrons. The lowest BCUT2D eigenvalue weighted by molar-refractivity contribution is -0.135. The topological polar surface area (TPSA) is 204 Å². The van der Waals surface area contributed by atoms with Crippen LogP contribution in [-0.4, -0.2) is 79.8 Å².